The number of hydrogen-bond acceptors (Lipinski definition) is 4. The summed E-state index contributed by atoms with van der Waals surface area (Å²) >= 11 is 1.78. The lowest BCUT2D eigenvalue weighted by atomic mass is 10.0. The van der Waals surface area contributed by atoms with Crippen molar-refractivity contribution in [3.05, 3.63) is 47.0 Å². The van der Waals surface area contributed by atoms with Crippen molar-refractivity contribution < 1.29 is 0 Å². The van der Waals surface area contributed by atoms with Crippen molar-refractivity contribution in [3.8, 4) is 0 Å². The van der Waals surface area contributed by atoms with Gasteiger partial charge in [0.2, 0.25) is 0 Å². The average Bonchev–Trinajstić information content (AvgIpc) is 3.27. The predicted molar refractivity (Wildman–Crippen MR) is 109 cm³/mol. The zero-order chi connectivity index (χ0) is 17.6. The molecule has 0 radical (unpaired) electrons. The van der Waals surface area contributed by atoms with Crippen LogP contribution in [-0.4, -0.2) is 42.6 Å². The molecule has 1 aromatic carbocycles. The molecule has 0 bridgehead atoms. The first-order valence-corrected chi connectivity index (χ1v) is 10.5. The van der Waals surface area contributed by atoms with Crippen LogP contribution < -0.4 is 4.90 Å². The zero-order valence-corrected chi connectivity index (χ0v) is 16.6. The summed E-state index contributed by atoms with van der Waals surface area (Å²) in [6.07, 6.45) is 9.33. The normalized spacial score (nSPS) is 15.5. The van der Waals surface area contributed by atoms with Gasteiger partial charge in [0.1, 0.15) is 0 Å². The second-order valence-corrected chi connectivity index (χ2v) is 8.26. The molecular weight excluding hydrogens is 326 g/mol. The summed E-state index contributed by atoms with van der Waals surface area (Å²) in [5, 5.41) is 3.29. The molecular formula is C21H31N3S. The minimum Gasteiger partial charge on any atom is -0.344 e. The highest BCUT2D eigenvalue weighted by atomic mass is 32.1. The highest BCUT2D eigenvalue weighted by molar-refractivity contribution is 7.13. The van der Waals surface area contributed by atoms with Crippen LogP contribution in [0.4, 0.5) is 5.13 Å². The van der Waals surface area contributed by atoms with Crippen LogP contribution in [-0.2, 0) is 12.8 Å². The number of hydrogen-bond donors (Lipinski definition) is 0. The van der Waals surface area contributed by atoms with Gasteiger partial charge >= 0.3 is 0 Å². The summed E-state index contributed by atoms with van der Waals surface area (Å²) in [7, 11) is 4.44. The Hall–Kier alpha value is -1.39. The van der Waals surface area contributed by atoms with Gasteiger partial charge < -0.3 is 9.80 Å². The molecule has 0 fully saturated rings. The second kappa shape index (κ2) is 8.81. The molecule has 1 unspecified atom stereocenters. The maximum atomic E-state index is 4.64. The summed E-state index contributed by atoms with van der Waals surface area (Å²) in [5.74, 6) is 0. The summed E-state index contributed by atoms with van der Waals surface area (Å²) in [6, 6.07) is 10.1. The highest BCUT2D eigenvalue weighted by Crippen LogP contribution is 2.30. The number of aromatic nitrogens is 1. The quantitative estimate of drug-likeness (QED) is 0.652. The van der Waals surface area contributed by atoms with E-state index in [0.29, 0.717) is 12.1 Å². The van der Waals surface area contributed by atoms with E-state index in [1.165, 1.54) is 41.9 Å². The van der Waals surface area contributed by atoms with Crippen LogP contribution in [0.3, 0.4) is 0 Å². The Morgan fingerprint density at radius 1 is 1.16 bits per heavy atom. The van der Waals surface area contributed by atoms with Crippen molar-refractivity contribution >= 4 is 16.5 Å². The van der Waals surface area contributed by atoms with Gasteiger partial charge in [-0.3, -0.25) is 0 Å². The van der Waals surface area contributed by atoms with Gasteiger partial charge in [0.05, 0.1) is 0 Å². The molecule has 0 spiro atoms. The average molecular weight is 358 g/mol. The molecule has 0 N–H and O–H groups in total. The maximum Gasteiger partial charge on any atom is 0.185 e. The molecule has 4 heteroatoms. The van der Waals surface area contributed by atoms with Crippen LogP contribution in [0.2, 0.25) is 0 Å². The summed E-state index contributed by atoms with van der Waals surface area (Å²) in [6.45, 7) is 3.38. The number of fused-ring (bicyclic) bond motifs is 1. The van der Waals surface area contributed by atoms with E-state index in [1.807, 2.05) is 6.20 Å². The van der Waals surface area contributed by atoms with Crippen LogP contribution in [0.5, 0.6) is 0 Å². The Balaban J connectivity index is 1.69. The molecule has 0 saturated heterocycles. The number of anilines is 1. The van der Waals surface area contributed by atoms with Crippen molar-refractivity contribution in [1.29, 1.82) is 0 Å². The Bertz CT molecular complexity index is 613. The minimum absolute atomic E-state index is 0.553. The molecule has 0 aliphatic heterocycles. The lowest BCUT2D eigenvalue weighted by Gasteiger charge is -2.32. The third kappa shape index (κ3) is 4.62. The van der Waals surface area contributed by atoms with E-state index in [9.17, 15) is 0 Å². The molecule has 25 heavy (non-hydrogen) atoms. The van der Waals surface area contributed by atoms with Crippen LogP contribution in [0.1, 0.15) is 43.7 Å². The number of unbranched alkanes of at least 4 members (excludes halogenated alkanes) is 1. The standard InChI is InChI=1S/C21H31N3S/c1-4-5-10-19(23(2)3)11-13-24(21-22-12-14-25-21)20-15-17-8-6-7-9-18(17)16-20/h6-9,12,14,19-20H,4-5,10-11,13,15-16H2,1-3H3. The molecule has 2 aromatic rings. The minimum atomic E-state index is 0.553. The lowest BCUT2D eigenvalue weighted by molar-refractivity contribution is 0.259. The third-order valence-electron chi connectivity index (χ3n) is 5.46. The van der Waals surface area contributed by atoms with E-state index in [1.54, 1.807) is 11.3 Å². The molecule has 1 aliphatic carbocycles. The molecule has 0 amide bonds. The largest absolute Gasteiger partial charge is 0.344 e. The zero-order valence-electron chi connectivity index (χ0n) is 15.8. The summed E-state index contributed by atoms with van der Waals surface area (Å²) < 4.78 is 0. The number of benzene rings is 1. The third-order valence-corrected chi connectivity index (χ3v) is 6.27. The van der Waals surface area contributed by atoms with Crippen molar-refractivity contribution in [2.45, 2.75) is 57.5 Å². The SMILES string of the molecule is CCCCC(CCN(c1nccs1)C1Cc2ccccc2C1)N(C)C. The first-order valence-electron chi connectivity index (χ1n) is 9.58. The van der Waals surface area contributed by atoms with E-state index in [2.05, 4.69) is 65.4 Å². The van der Waals surface area contributed by atoms with Crippen LogP contribution >= 0.6 is 11.3 Å². The first-order chi connectivity index (χ1) is 12.2. The van der Waals surface area contributed by atoms with E-state index >= 15 is 0 Å². The smallest absolute Gasteiger partial charge is 0.185 e. The summed E-state index contributed by atoms with van der Waals surface area (Å²) in [4.78, 5) is 9.62. The predicted octanol–water partition coefficient (Wildman–Crippen LogP) is 4.63. The maximum absolute atomic E-state index is 4.64. The fourth-order valence-electron chi connectivity index (χ4n) is 3.94. The van der Waals surface area contributed by atoms with Gasteiger partial charge in [0.25, 0.3) is 0 Å². The first kappa shape index (κ1) is 18.4. The number of nitrogens with zero attached hydrogens (tertiary/aromatic N) is 3. The molecule has 0 saturated carbocycles. The van der Waals surface area contributed by atoms with Crippen molar-refractivity contribution in [2.75, 3.05) is 25.5 Å². The van der Waals surface area contributed by atoms with Gasteiger partial charge in [-0.1, -0.05) is 44.0 Å². The van der Waals surface area contributed by atoms with Crippen molar-refractivity contribution in [1.82, 2.24) is 9.88 Å². The van der Waals surface area contributed by atoms with E-state index in [-0.39, 0.29) is 0 Å². The van der Waals surface area contributed by atoms with Gasteiger partial charge in [0.15, 0.2) is 5.13 Å². The Morgan fingerprint density at radius 2 is 1.88 bits per heavy atom. The molecule has 1 aromatic heterocycles. The number of rotatable bonds is 9. The summed E-state index contributed by atoms with van der Waals surface area (Å²) in [5.41, 5.74) is 3.04. The van der Waals surface area contributed by atoms with Crippen LogP contribution in [0, 0.1) is 0 Å². The molecule has 136 valence electrons. The second-order valence-electron chi connectivity index (χ2n) is 7.39. The van der Waals surface area contributed by atoms with Gasteiger partial charge in [-0.25, -0.2) is 4.98 Å². The van der Waals surface area contributed by atoms with Gasteiger partial charge in [0, 0.05) is 30.2 Å². The monoisotopic (exact) mass is 357 g/mol. The fraction of sp³-hybridized carbons (Fsp3) is 0.571. The lowest BCUT2D eigenvalue weighted by Crippen LogP contribution is -2.40. The van der Waals surface area contributed by atoms with E-state index in [0.717, 1.165) is 19.4 Å². The molecule has 1 aliphatic rings. The highest BCUT2D eigenvalue weighted by Gasteiger charge is 2.28. The Kier molecular flexibility index (Phi) is 6.49. The Labute approximate surface area is 156 Å². The topological polar surface area (TPSA) is 19.4 Å². The number of thiazole rings is 1. The van der Waals surface area contributed by atoms with Gasteiger partial charge in [-0.15, -0.1) is 11.3 Å². The Morgan fingerprint density at radius 3 is 2.44 bits per heavy atom. The van der Waals surface area contributed by atoms with Crippen molar-refractivity contribution in [2.24, 2.45) is 0 Å². The fourth-order valence-corrected chi connectivity index (χ4v) is 4.68. The van der Waals surface area contributed by atoms with Crippen LogP contribution in [0.25, 0.3) is 0 Å². The molecule has 3 rings (SSSR count). The van der Waals surface area contributed by atoms with Crippen LogP contribution in [0.15, 0.2) is 35.8 Å². The van der Waals surface area contributed by atoms with E-state index < -0.39 is 0 Å². The van der Waals surface area contributed by atoms with Gasteiger partial charge in [-0.05, 0) is 50.9 Å². The van der Waals surface area contributed by atoms with E-state index in [4.69, 9.17) is 0 Å². The molecule has 3 nitrogen and oxygen atoms in total. The van der Waals surface area contributed by atoms with Gasteiger partial charge in [-0.2, -0.15) is 0 Å². The molecule has 1 heterocycles. The molecule has 1 atom stereocenters. The van der Waals surface area contributed by atoms with Crippen molar-refractivity contribution in [3.63, 3.8) is 0 Å².